The van der Waals surface area contributed by atoms with Crippen LogP contribution in [0.15, 0.2) is 41.3 Å². The molecular weight excluding hydrogens is 397 g/mol. The number of amides is 1. The van der Waals surface area contributed by atoms with Gasteiger partial charge in [-0.3, -0.25) is 4.79 Å². The zero-order valence-corrected chi connectivity index (χ0v) is 15.9. The Labute approximate surface area is 164 Å². The summed E-state index contributed by atoms with van der Waals surface area (Å²) in [5.74, 6) is 0.249. The van der Waals surface area contributed by atoms with E-state index in [1.165, 1.54) is 31.0 Å². The molecule has 1 heterocycles. The molecule has 2 aromatic rings. The number of carbonyl (C=O) groups is 1. The Morgan fingerprint density at radius 2 is 2.04 bits per heavy atom. The van der Waals surface area contributed by atoms with E-state index in [2.05, 4.69) is 5.32 Å². The van der Waals surface area contributed by atoms with Gasteiger partial charge in [0.1, 0.15) is 16.7 Å². The summed E-state index contributed by atoms with van der Waals surface area (Å²) in [7, 11) is 1.50. The molecule has 1 aliphatic heterocycles. The normalized spacial score (nSPS) is 15.3. The number of carbonyl (C=O) groups excluding carboxylic acids is 1. The third-order valence-corrected chi connectivity index (χ3v) is 4.93. The van der Waals surface area contributed by atoms with Gasteiger partial charge in [0.2, 0.25) is 0 Å². The molecule has 0 radical (unpaired) electrons. The van der Waals surface area contributed by atoms with E-state index in [4.69, 9.17) is 33.3 Å². The van der Waals surface area contributed by atoms with Crippen molar-refractivity contribution in [2.45, 2.75) is 6.61 Å². The average Bonchev–Trinajstić information content (AvgIpc) is 2.92. The van der Waals surface area contributed by atoms with Crippen LogP contribution in [0.5, 0.6) is 11.5 Å². The van der Waals surface area contributed by atoms with E-state index in [9.17, 15) is 9.18 Å². The number of ether oxygens (including phenoxy) is 2. The number of thioether (sulfide) groups is 1. The lowest BCUT2D eigenvalue weighted by Gasteiger charge is -2.13. The molecule has 0 aliphatic carbocycles. The molecule has 1 amide bonds. The minimum Gasteiger partial charge on any atom is -0.493 e. The third-order valence-electron chi connectivity index (χ3n) is 3.49. The van der Waals surface area contributed by atoms with Gasteiger partial charge in [0.15, 0.2) is 11.5 Å². The number of thiocarbonyl (C=S) groups is 1. The zero-order valence-electron chi connectivity index (χ0n) is 13.5. The molecule has 0 bridgehead atoms. The van der Waals surface area contributed by atoms with Crippen LogP contribution in [0.4, 0.5) is 4.39 Å². The van der Waals surface area contributed by atoms with E-state index in [0.717, 1.165) is 5.56 Å². The molecule has 0 aromatic heterocycles. The highest BCUT2D eigenvalue weighted by Crippen LogP contribution is 2.38. The summed E-state index contributed by atoms with van der Waals surface area (Å²) in [6.07, 6.45) is 1.68. The number of halogens is 2. The van der Waals surface area contributed by atoms with E-state index in [0.29, 0.717) is 31.3 Å². The second kappa shape index (κ2) is 8.07. The van der Waals surface area contributed by atoms with Crippen LogP contribution in [0.25, 0.3) is 6.08 Å². The number of benzene rings is 2. The van der Waals surface area contributed by atoms with Gasteiger partial charge in [-0.05, 0) is 41.5 Å². The van der Waals surface area contributed by atoms with Crippen LogP contribution in [-0.4, -0.2) is 17.3 Å². The van der Waals surface area contributed by atoms with Gasteiger partial charge >= 0.3 is 0 Å². The van der Waals surface area contributed by atoms with Crippen molar-refractivity contribution in [3.63, 3.8) is 0 Å². The van der Waals surface area contributed by atoms with Crippen molar-refractivity contribution in [3.8, 4) is 11.5 Å². The molecule has 1 N–H and O–H groups in total. The summed E-state index contributed by atoms with van der Waals surface area (Å²) in [4.78, 5) is 12.3. The highest BCUT2D eigenvalue weighted by Gasteiger charge is 2.22. The van der Waals surface area contributed by atoms with Crippen LogP contribution in [0.2, 0.25) is 5.02 Å². The topological polar surface area (TPSA) is 47.6 Å². The van der Waals surface area contributed by atoms with Crippen molar-refractivity contribution in [1.82, 2.24) is 5.32 Å². The van der Waals surface area contributed by atoms with Gasteiger partial charge in [-0.25, -0.2) is 4.39 Å². The summed E-state index contributed by atoms with van der Waals surface area (Å²) in [6.45, 7) is 0.212. The molecule has 0 atom stereocenters. The second-order valence-corrected chi connectivity index (χ2v) is 7.43. The SMILES string of the molecule is COc1cc(C=C2SC(=S)NC2=O)cc(Cl)c1OCc1ccc(F)cc1. The number of methoxy groups -OCH3 is 1. The van der Waals surface area contributed by atoms with Gasteiger partial charge in [-0.1, -0.05) is 47.7 Å². The molecule has 26 heavy (non-hydrogen) atoms. The Morgan fingerprint density at radius 1 is 1.31 bits per heavy atom. The lowest BCUT2D eigenvalue weighted by atomic mass is 10.1. The Balaban J connectivity index is 1.83. The molecule has 2 aromatic carbocycles. The van der Waals surface area contributed by atoms with E-state index >= 15 is 0 Å². The predicted octanol–water partition coefficient (Wildman–Crippen LogP) is 4.56. The van der Waals surface area contributed by atoms with Crippen molar-refractivity contribution >= 4 is 51.9 Å². The maximum atomic E-state index is 13.0. The van der Waals surface area contributed by atoms with Crippen molar-refractivity contribution in [1.29, 1.82) is 0 Å². The number of rotatable bonds is 5. The summed E-state index contributed by atoms with van der Waals surface area (Å²) >= 11 is 12.5. The minimum atomic E-state index is -0.310. The van der Waals surface area contributed by atoms with Crippen LogP contribution >= 0.6 is 35.6 Å². The summed E-state index contributed by atoms with van der Waals surface area (Å²) < 4.78 is 24.5. The van der Waals surface area contributed by atoms with Crippen molar-refractivity contribution < 1.29 is 18.7 Å². The van der Waals surface area contributed by atoms with Gasteiger partial charge in [0.05, 0.1) is 17.0 Å². The predicted molar refractivity (Wildman–Crippen MR) is 105 cm³/mol. The molecule has 0 unspecified atom stereocenters. The molecule has 8 heteroatoms. The molecule has 1 fully saturated rings. The van der Waals surface area contributed by atoms with Crippen molar-refractivity contribution in [3.05, 3.63) is 63.3 Å². The molecule has 3 rings (SSSR count). The fourth-order valence-electron chi connectivity index (χ4n) is 2.27. The van der Waals surface area contributed by atoms with Crippen LogP contribution in [-0.2, 0) is 11.4 Å². The summed E-state index contributed by atoms with van der Waals surface area (Å²) in [5, 5.41) is 2.89. The van der Waals surface area contributed by atoms with Gasteiger partial charge in [0, 0.05) is 0 Å². The van der Waals surface area contributed by atoms with E-state index < -0.39 is 0 Å². The highest BCUT2D eigenvalue weighted by molar-refractivity contribution is 8.26. The first-order valence-electron chi connectivity index (χ1n) is 7.46. The quantitative estimate of drug-likeness (QED) is 0.579. The largest absolute Gasteiger partial charge is 0.493 e. The van der Waals surface area contributed by atoms with E-state index in [1.807, 2.05) is 0 Å². The third kappa shape index (κ3) is 4.35. The Bertz CT molecular complexity index is 900. The highest BCUT2D eigenvalue weighted by atomic mass is 35.5. The Hall–Kier alpha value is -2.09. The second-order valence-electron chi connectivity index (χ2n) is 5.30. The first-order valence-corrected chi connectivity index (χ1v) is 9.06. The van der Waals surface area contributed by atoms with Crippen LogP contribution < -0.4 is 14.8 Å². The Morgan fingerprint density at radius 3 is 2.65 bits per heavy atom. The molecule has 1 aliphatic rings. The number of hydrogen-bond acceptors (Lipinski definition) is 5. The van der Waals surface area contributed by atoms with Crippen LogP contribution in [0, 0.1) is 5.82 Å². The Kier molecular flexibility index (Phi) is 5.80. The van der Waals surface area contributed by atoms with Gasteiger partial charge < -0.3 is 14.8 Å². The van der Waals surface area contributed by atoms with E-state index in [-0.39, 0.29) is 18.3 Å². The minimum absolute atomic E-state index is 0.212. The standard InChI is InChI=1S/C18H13ClFNO3S2/c1-23-14-7-11(8-15-17(22)21-18(25)26-15)6-13(19)16(14)24-9-10-2-4-12(20)5-3-10/h2-8H,9H2,1H3,(H,21,22,25). The maximum Gasteiger partial charge on any atom is 0.263 e. The van der Waals surface area contributed by atoms with E-state index in [1.54, 1.807) is 30.3 Å². The number of nitrogens with one attached hydrogen (secondary N) is 1. The van der Waals surface area contributed by atoms with Crippen molar-refractivity contribution in [2.24, 2.45) is 0 Å². The van der Waals surface area contributed by atoms with Gasteiger partial charge in [-0.2, -0.15) is 0 Å². The maximum absolute atomic E-state index is 13.0. The first-order chi connectivity index (χ1) is 12.5. The molecule has 1 saturated heterocycles. The van der Waals surface area contributed by atoms with Crippen LogP contribution in [0.1, 0.15) is 11.1 Å². The molecule has 4 nitrogen and oxygen atoms in total. The van der Waals surface area contributed by atoms with Gasteiger partial charge in [0.25, 0.3) is 5.91 Å². The average molecular weight is 410 g/mol. The molecular formula is C18H13ClFNO3S2. The smallest absolute Gasteiger partial charge is 0.263 e. The summed E-state index contributed by atoms with van der Waals surface area (Å²) in [5.41, 5.74) is 1.48. The lowest BCUT2D eigenvalue weighted by molar-refractivity contribution is -0.115. The summed E-state index contributed by atoms with van der Waals surface area (Å²) in [6, 6.07) is 9.38. The van der Waals surface area contributed by atoms with Gasteiger partial charge in [-0.15, -0.1) is 0 Å². The molecule has 134 valence electrons. The monoisotopic (exact) mass is 409 g/mol. The van der Waals surface area contributed by atoms with Crippen molar-refractivity contribution in [2.75, 3.05) is 7.11 Å². The fourth-order valence-corrected chi connectivity index (χ4v) is 3.59. The molecule has 0 saturated carbocycles. The molecule has 0 spiro atoms. The number of hydrogen-bond donors (Lipinski definition) is 1. The first kappa shape index (κ1) is 18.7. The zero-order chi connectivity index (χ0) is 18.7. The fraction of sp³-hybridized carbons (Fsp3) is 0.111. The lowest BCUT2D eigenvalue weighted by Crippen LogP contribution is -2.17. The van der Waals surface area contributed by atoms with Crippen LogP contribution in [0.3, 0.4) is 0 Å².